The maximum atomic E-state index is 4.66. The average Bonchev–Trinajstić information content (AvgIpc) is 2.89. The normalized spacial score (nSPS) is 11.3. The molecule has 4 nitrogen and oxygen atoms in total. The summed E-state index contributed by atoms with van der Waals surface area (Å²) in [5.74, 6) is 0. The van der Waals surface area contributed by atoms with Crippen LogP contribution in [0.3, 0.4) is 0 Å². The highest BCUT2D eigenvalue weighted by molar-refractivity contribution is 5.67. The Morgan fingerprint density at radius 3 is 2.72 bits per heavy atom. The molecule has 0 aliphatic rings. The molecule has 0 radical (unpaired) electrons. The topological polar surface area (TPSA) is 35.1 Å². The van der Waals surface area contributed by atoms with Gasteiger partial charge in [-0.05, 0) is 32.9 Å². The number of hydrogen-bond acceptors (Lipinski definition) is 2. The number of aryl methyl sites for hydroxylation is 2. The molecule has 0 spiro atoms. The van der Waals surface area contributed by atoms with Crippen LogP contribution in [0, 0.1) is 13.8 Å². The molecule has 0 aliphatic carbocycles. The molecule has 0 aliphatic heterocycles. The fourth-order valence-corrected chi connectivity index (χ4v) is 2.43. The number of rotatable bonds is 2. The summed E-state index contributed by atoms with van der Waals surface area (Å²) < 4.78 is 4.06. The van der Waals surface area contributed by atoms with Crippen LogP contribution in [-0.4, -0.2) is 19.2 Å². The summed E-state index contributed by atoms with van der Waals surface area (Å²) in [6.07, 6.45) is 4.08. The molecule has 0 atom stereocenters. The Labute approximate surface area is 106 Å². The summed E-state index contributed by atoms with van der Waals surface area (Å²) >= 11 is 0. The Bertz CT molecular complexity index is 673. The highest BCUT2D eigenvalue weighted by Gasteiger charge is 2.15. The minimum Gasteiger partial charge on any atom is -0.306 e. The Kier molecular flexibility index (Phi) is 2.44. The molecule has 92 valence electrons. The zero-order valence-electron chi connectivity index (χ0n) is 10.9. The van der Waals surface area contributed by atoms with Crippen LogP contribution in [0.25, 0.3) is 16.9 Å². The Morgan fingerprint density at radius 1 is 1.22 bits per heavy atom. The van der Waals surface area contributed by atoms with Crippen LogP contribution in [0.1, 0.15) is 18.3 Å². The zero-order valence-corrected chi connectivity index (χ0v) is 10.9. The van der Waals surface area contributed by atoms with Gasteiger partial charge in [0.15, 0.2) is 0 Å². The largest absolute Gasteiger partial charge is 0.306 e. The third-order valence-corrected chi connectivity index (χ3v) is 3.30. The van der Waals surface area contributed by atoms with Gasteiger partial charge in [-0.1, -0.05) is 6.07 Å². The molecule has 3 aromatic heterocycles. The quantitative estimate of drug-likeness (QED) is 0.690. The summed E-state index contributed by atoms with van der Waals surface area (Å²) in [5, 5.41) is 4.54. The highest BCUT2D eigenvalue weighted by atomic mass is 15.3. The van der Waals surface area contributed by atoms with E-state index < -0.39 is 0 Å². The van der Waals surface area contributed by atoms with E-state index in [2.05, 4.69) is 30.1 Å². The lowest BCUT2D eigenvalue weighted by Crippen LogP contribution is -1.98. The van der Waals surface area contributed by atoms with E-state index in [1.165, 1.54) is 5.69 Å². The van der Waals surface area contributed by atoms with Gasteiger partial charge in [0, 0.05) is 30.2 Å². The van der Waals surface area contributed by atoms with E-state index in [1.807, 2.05) is 40.4 Å². The van der Waals surface area contributed by atoms with Gasteiger partial charge in [-0.3, -0.25) is 4.68 Å². The van der Waals surface area contributed by atoms with Crippen molar-refractivity contribution in [1.29, 1.82) is 0 Å². The molecule has 3 heterocycles. The molecule has 0 bridgehead atoms. The lowest BCUT2D eigenvalue weighted by atomic mass is 10.1. The van der Waals surface area contributed by atoms with E-state index in [0.29, 0.717) is 0 Å². The third kappa shape index (κ3) is 1.53. The average molecular weight is 240 g/mol. The van der Waals surface area contributed by atoms with E-state index in [4.69, 9.17) is 0 Å². The van der Waals surface area contributed by atoms with Crippen LogP contribution in [0.2, 0.25) is 0 Å². The molecule has 4 heteroatoms. The molecule has 0 aromatic carbocycles. The lowest BCUT2D eigenvalue weighted by Gasteiger charge is -1.99. The van der Waals surface area contributed by atoms with Crippen molar-refractivity contribution in [2.24, 2.45) is 0 Å². The molecule has 18 heavy (non-hydrogen) atoms. The second-order valence-corrected chi connectivity index (χ2v) is 4.45. The SMILES string of the molecule is CCn1nc(C)c(-c2cn3ccccc3n2)c1C. The molecule has 0 saturated heterocycles. The van der Waals surface area contributed by atoms with E-state index >= 15 is 0 Å². The molecule has 0 saturated carbocycles. The lowest BCUT2D eigenvalue weighted by molar-refractivity contribution is 0.634. The van der Waals surface area contributed by atoms with Crippen LogP contribution in [0.4, 0.5) is 0 Å². The van der Waals surface area contributed by atoms with Crippen LogP contribution in [0.5, 0.6) is 0 Å². The number of fused-ring (bicyclic) bond motifs is 1. The summed E-state index contributed by atoms with van der Waals surface area (Å²) in [5.41, 5.74) is 5.34. The molecule has 0 N–H and O–H groups in total. The van der Waals surface area contributed by atoms with Crippen LogP contribution in [-0.2, 0) is 6.54 Å². The molecule has 0 fully saturated rings. The fraction of sp³-hybridized carbons (Fsp3) is 0.286. The molecule has 0 amide bonds. The maximum absolute atomic E-state index is 4.66. The predicted octanol–water partition coefficient (Wildman–Crippen LogP) is 2.83. The van der Waals surface area contributed by atoms with Crippen molar-refractivity contribution in [2.45, 2.75) is 27.3 Å². The fourth-order valence-electron chi connectivity index (χ4n) is 2.43. The molecule has 3 aromatic rings. The van der Waals surface area contributed by atoms with Gasteiger partial charge in [-0.2, -0.15) is 5.10 Å². The van der Waals surface area contributed by atoms with Gasteiger partial charge in [-0.25, -0.2) is 4.98 Å². The zero-order chi connectivity index (χ0) is 12.7. The van der Waals surface area contributed by atoms with Gasteiger partial charge in [0.05, 0.1) is 11.4 Å². The van der Waals surface area contributed by atoms with Gasteiger partial charge < -0.3 is 4.40 Å². The summed E-state index contributed by atoms with van der Waals surface area (Å²) in [7, 11) is 0. The monoisotopic (exact) mass is 240 g/mol. The van der Waals surface area contributed by atoms with Crippen molar-refractivity contribution >= 4 is 5.65 Å². The first-order chi connectivity index (χ1) is 8.70. The van der Waals surface area contributed by atoms with Gasteiger partial charge in [0.1, 0.15) is 5.65 Å². The Balaban J connectivity index is 2.22. The number of imidazole rings is 1. The second-order valence-electron chi connectivity index (χ2n) is 4.45. The first kappa shape index (κ1) is 11.0. The van der Waals surface area contributed by atoms with Crippen molar-refractivity contribution in [3.05, 3.63) is 42.0 Å². The van der Waals surface area contributed by atoms with E-state index in [0.717, 1.165) is 29.1 Å². The molecular weight excluding hydrogens is 224 g/mol. The van der Waals surface area contributed by atoms with Crippen molar-refractivity contribution in [3.8, 4) is 11.3 Å². The van der Waals surface area contributed by atoms with Crippen LogP contribution in [0.15, 0.2) is 30.6 Å². The first-order valence-electron chi connectivity index (χ1n) is 6.19. The smallest absolute Gasteiger partial charge is 0.137 e. The minimum atomic E-state index is 0.889. The highest BCUT2D eigenvalue weighted by Crippen LogP contribution is 2.26. The van der Waals surface area contributed by atoms with Gasteiger partial charge in [-0.15, -0.1) is 0 Å². The predicted molar refractivity (Wildman–Crippen MR) is 71.6 cm³/mol. The summed E-state index contributed by atoms with van der Waals surface area (Å²) in [6, 6.07) is 6.02. The third-order valence-electron chi connectivity index (χ3n) is 3.30. The number of hydrogen-bond donors (Lipinski definition) is 0. The summed E-state index contributed by atoms with van der Waals surface area (Å²) in [4.78, 5) is 4.66. The van der Waals surface area contributed by atoms with E-state index in [1.54, 1.807) is 0 Å². The van der Waals surface area contributed by atoms with Crippen LogP contribution >= 0.6 is 0 Å². The molecular formula is C14H16N4. The van der Waals surface area contributed by atoms with Gasteiger partial charge in [0.2, 0.25) is 0 Å². The van der Waals surface area contributed by atoms with Crippen molar-refractivity contribution in [3.63, 3.8) is 0 Å². The standard InChI is InChI=1S/C14H16N4/c1-4-18-11(3)14(10(2)16-18)12-9-17-8-6-5-7-13(17)15-12/h5-9H,4H2,1-3H3. The second kappa shape index (κ2) is 3.98. The minimum absolute atomic E-state index is 0.889. The number of pyridine rings is 1. The molecule has 3 rings (SSSR count). The molecule has 0 unspecified atom stereocenters. The summed E-state index contributed by atoms with van der Waals surface area (Å²) in [6.45, 7) is 7.13. The van der Waals surface area contributed by atoms with E-state index in [-0.39, 0.29) is 0 Å². The van der Waals surface area contributed by atoms with Crippen molar-refractivity contribution in [1.82, 2.24) is 19.2 Å². The van der Waals surface area contributed by atoms with Crippen LogP contribution < -0.4 is 0 Å². The van der Waals surface area contributed by atoms with Crippen molar-refractivity contribution < 1.29 is 0 Å². The Morgan fingerprint density at radius 2 is 2.06 bits per heavy atom. The maximum Gasteiger partial charge on any atom is 0.137 e. The number of aromatic nitrogens is 4. The van der Waals surface area contributed by atoms with Crippen molar-refractivity contribution in [2.75, 3.05) is 0 Å². The van der Waals surface area contributed by atoms with Gasteiger partial charge in [0.25, 0.3) is 0 Å². The number of nitrogens with zero attached hydrogens (tertiary/aromatic N) is 4. The van der Waals surface area contributed by atoms with Gasteiger partial charge >= 0.3 is 0 Å². The van der Waals surface area contributed by atoms with E-state index in [9.17, 15) is 0 Å². The first-order valence-corrected chi connectivity index (χ1v) is 6.19. The Hall–Kier alpha value is -2.10.